The first-order valence-electron chi connectivity index (χ1n) is 9.77. The van der Waals surface area contributed by atoms with Crippen molar-refractivity contribution >= 4 is 28.9 Å². The largest absolute Gasteiger partial charge is 0.369 e. The number of rotatable bonds is 4. The standard InChI is InChI=1S/C22H26ClN3O/c1-16(22(27)24-20-9-8-17-4-2-5-18(17)14-20)25-10-12-26(13-11-25)21-7-3-6-19(23)15-21/h3,6-9,14-16H,2,4-5,10-13H2,1H3,(H,24,27)/t16-/m1/s1. The predicted molar refractivity (Wildman–Crippen MR) is 112 cm³/mol. The van der Waals surface area contributed by atoms with Gasteiger partial charge in [0.1, 0.15) is 0 Å². The molecule has 1 heterocycles. The van der Waals surface area contributed by atoms with Gasteiger partial charge in [-0.25, -0.2) is 0 Å². The van der Waals surface area contributed by atoms with Gasteiger partial charge in [-0.3, -0.25) is 9.69 Å². The van der Waals surface area contributed by atoms with Gasteiger partial charge in [0, 0.05) is 42.6 Å². The first kappa shape index (κ1) is 18.3. The predicted octanol–water partition coefficient (Wildman–Crippen LogP) is 3.98. The monoisotopic (exact) mass is 383 g/mol. The number of fused-ring (bicyclic) bond motifs is 1. The lowest BCUT2D eigenvalue weighted by molar-refractivity contribution is -0.120. The van der Waals surface area contributed by atoms with E-state index in [1.165, 1.54) is 17.5 Å². The number of hydrogen-bond acceptors (Lipinski definition) is 3. The van der Waals surface area contributed by atoms with Crippen LogP contribution in [-0.4, -0.2) is 43.0 Å². The number of carbonyl (C=O) groups excluding carboxylic acids is 1. The number of anilines is 2. The van der Waals surface area contributed by atoms with E-state index in [4.69, 9.17) is 11.6 Å². The Morgan fingerprint density at radius 3 is 2.59 bits per heavy atom. The number of piperazine rings is 1. The van der Waals surface area contributed by atoms with Crippen molar-refractivity contribution in [1.82, 2.24) is 4.90 Å². The second-order valence-corrected chi connectivity index (χ2v) is 7.94. The topological polar surface area (TPSA) is 35.6 Å². The van der Waals surface area contributed by atoms with Crippen molar-refractivity contribution in [3.63, 3.8) is 0 Å². The molecule has 1 fully saturated rings. The fourth-order valence-corrected chi connectivity index (χ4v) is 4.29. The van der Waals surface area contributed by atoms with Crippen LogP contribution < -0.4 is 10.2 Å². The zero-order valence-corrected chi connectivity index (χ0v) is 16.5. The van der Waals surface area contributed by atoms with Gasteiger partial charge in [-0.05, 0) is 67.6 Å². The average Bonchev–Trinajstić information content (AvgIpc) is 3.15. The molecule has 1 aliphatic heterocycles. The highest BCUT2D eigenvalue weighted by Gasteiger charge is 2.26. The molecule has 1 amide bonds. The van der Waals surface area contributed by atoms with Crippen molar-refractivity contribution in [2.75, 3.05) is 36.4 Å². The number of carbonyl (C=O) groups is 1. The molecular formula is C22H26ClN3O. The van der Waals surface area contributed by atoms with Gasteiger partial charge >= 0.3 is 0 Å². The molecule has 0 bridgehead atoms. The van der Waals surface area contributed by atoms with Crippen LogP contribution in [0.2, 0.25) is 5.02 Å². The van der Waals surface area contributed by atoms with Crippen LogP contribution in [0.15, 0.2) is 42.5 Å². The van der Waals surface area contributed by atoms with Gasteiger partial charge in [0.25, 0.3) is 0 Å². The van der Waals surface area contributed by atoms with Crippen molar-refractivity contribution in [3.8, 4) is 0 Å². The van der Waals surface area contributed by atoms with Gasteiger partial charge in [0.15, 0.2) is 0 Å². The maximum Gasteiger partial charge on any atom is 0.241 e. The van der Waals surface area contributed by atoms with Crippen LogP contribution in [0.3, 0.4) is 0 Å². The van der Waals surface area contributed by atoms with E-state index >= 15 is 0 Å². The van der Waals surface area contributed by atoms with Crippen LogP contribution in [0.25, 0.3) is 0 Å². The second kappa shape index (κ2) is 7.91. The number of nitrogens with one attached hydrogen (secondary N) is 1. The van der Waals surface area contributed by atoms with E-state index in [0.717, 1.165) is 55.4 Å². The third kappa shape index (κ3) is 4.12. The Morgan fingerprint density at radius 2 is 1.81 bits per heavy atom. The zero-order valence-electron chi connectivity index (χ0n) is 15.7. The number of hydrogen-bond donors (Lipinski definition) is 1. The molecule has 27 heavy (non-hydrogen) atoms. The quantitative estimate of drug-likeness (QED) is 0.867. The highest BCUT2D eigenvalue weighted by Crippen LogP contribution is 2.25. The van der Waals surface area contributed by atoms with E-state index in [2.05, 4.69) is 33.3 Å². The van der Waals surface area contributed by atoms with Gasteiger partial charge in [-0.1, -0.05) is 23.7 Å². The summed E-state index contributed by atoms with van der Waals surface area (Å²) < 4.78 is 0. The molecule has 0 saturated carbocycles. The molecule has 1 N–H and O–H groups in total. The molecule has 142 valence electrons. The number of halogens is 1. The molecule has 1 saturated heterocycles. The normalized spacial score (nSPS) is 18.2. The SMILES string of the molecule is C[C@H](C(=O)Nc1ccc2c(c1)CCC2)N1CCN(c2cccc(Cl)c2)CC1. The van der Waals surface area contributed by atoms with Crippen molar-refractivity contribution in [1.29, 1.82) is 0 Å². The number of benzene rings is 2. The highest BCUT2D eigenvalue weighted by atomic mass is 35.5. The van der Waals surface area contributed by atoms with Crippen LogP contribution in [0, 0.1) is 0 Å². The molecule has 0 spiro atoms. The van der Waals surface area contributed by atoms with E-state index in [1.807, 2.05) is 31.2 Å². The van der Waals surface area contributed by atoms with Crippen molar-refractivity contribution in [3.05, 3.63) is 58.6 Å². The number of nitrogens with zero attached hydrogens (tertiary/aromatic N) is 2. The van der Waals surface area contributed by atoms with E-state index in [9.17, 15) is 4.79 Å². The molecule has 2 aromatic carbocycles. The second-order valence-electron chi connectivity index (χ2n) is 7.51. The lowest BCUT2D eigenvalue weighted by Crippen LogP contribution is -2.52. The fourth-order valence-electron chi connectivity index (χ4n) is 4.10. The van der Waals surface area contributed by atoms with Crippen LogP contribution in [0.5, 0.6) is 0 Å². The summed E-state index contributed by atoms with van der Waals surface area (Å²) in [5.41, 5.74) is 4.89. The van der Waals surface area contributed by atoms with Gasteiger partial charge in [-0.2, -0.15) is 0 Å². The maximum absolute atomic E-state index is 12.7. The molecular weight excluding hydrogens is 358 g/mol. The van der Waals surface area contributed by atoms with Crippen molar-refractivity contribution in [2.24, 2.45) is 0 Å². The summed E-state index contributed by atoms with van der Waals surface area (Å²) in [4.78, 5) is 17.3. The molecule has 2 aromatic rings. The molecule has 0 unspecified atom stereocenters. The first-order chi connectivity index (χ1) is 13.1. The summed E-state index contributed by atoms with van der Waals surface area (Å²) in [6.45, 7) is 5.53. The summed E-state index contributed by atoms with van der Waals surface area (Å²) in [5.74, 6) is 0.0733. The summed E-state index contributed by atoms with van der Waals surface area (Å²) in [6, 6.07) is 14.2. The Kier molecular flexibility index (Phi) is 5.37. The number of amides is 1. The van der Waals surface area contributed by atoms with Gasteiger partial charge in [0.2, 0.25) is 5.91 Å². The fraction of sp³-hybridized carbons (Fsp3) is 0.409. The summed E-state index contributed by atoms with van der Waals surface area (Å²) in [6.07, 6.45) is 3.51. The van der Waals surface area contributed by atoms with E-state index in [0.29, 0.717) is 0 Å². The Balaban J connectivity index is 1.33. The number of aryl methyl sites for hydroxylation is 2. The molecule has 5 heteroatoms. The average molecular weight is 384 g/mol. The minimum Gasteiger partial charge on any atom is -0.369 e. The summed E-state index contributed by atoms with van der Waals surface area (Å²) in [5, 5.41) is 3.87. The van der Waals surface area contributed by atoms with Crippen molar-refractivity contribution in [2.45, 2.75) is 32.2 Å². The zero-order chi connectivity index (χ0) is 18.8. The summed E-state index contributed by atoms with van der Waals surface area (Å²) >= 11 is 6.11. The highest BCUT2D eigenvalue weighted by molar-refractivity contribution is 6.30. The molecule has 4 nitrogen and oxygen atoms in total. The van der Waals surface area contributed by atoms with Crippen LogP contribution >= 0.6 is 11.6 Å². The first-order valence-corrected chi connectivity index (χ1v) is 10.2. The van der Waals surface area contributed by atoms with E-state index in [1.54, 1.807) is 0 Å². The molecule has 4 rings (SSSR count). The Hall–Kier alpha value is -2.04. The van der Waals surface area contributed by atoms with Crippen molar-refractivity contribution < 1.29 is 4.79 Å². The Morgan fingerprint density at radius 1 is 1.04 bits per heavy atom. The molecule has 1 atom stereocenters. The van der Waals surface area contributed by atoms with Gasteiger partial charge < -0.3 is 10.2 Å². The van der Waals surface area contributed by atoms with Crippen LogP contribution in [-0.2, 0) is 17.6 Å². The summed E-state index contributed by atoms with van der Waals surface area (Å²) in [7, 11) is 0. The van der Waals surface area contributed by atoms with E-state index in [-0.39, 0.29) is 11.9 Å². The molecule has 1 aliphatic carbocycles. The minimum atomic E-state index is -0.139. The third-order valence-corrected chi connectivity index (χ3v) is 6.02. The lowest BCUT2D eigenvalue weighted by Gasteiger charge is -2.38. The molecule has 2 aliphatic rings. The molecule has 0 radical (unpaired) electrons. The van der Waals surface area contributed by atoms with Crippen LogP contribution in [0.4, 0.5) is 11.4 Å². The Bertz CT molecular complexity index is 830. The van der Waals surface area contributed by atoms with Gasteiger partial charge in [0.05, 0.1) is 6.04 Å². The lowest BCUT2D eigenvalue weighted by atomic mass is 10.1. The van der Waals surface area contributed by atoms with E-state index < -0.39 is 0 Å². The smallest absolute Gasteiger partial charge is 0.241 e. The van der Waals surface area contributed by atoms with Crippen LogP contribution in [0.1, 0.15) is 24.5 Å². The maximum atomic E-state index is 12.7. The molecule has 0 aromatic heterocycles. The minimum absolute atomic E-state index is 0.0733. The third-order valence-electron chi connectivity index (χ3n) is 5.78. The Labute approximate surface area is 166 Å². The van der Waals surface area contributed by atoms with Gasteiger partial charge in [-0.15, -0.1) is 0 Å².